The Kier molecular flexibility index (Phi) is 4.34. The van der Waals surface area contributed by atoms with Crippen molar-refractivity contribution in [1.82, 2.24) is 4.90 Å². The van der Waals surface area contributed by atoms with Crippen LogP contribution in [-0.4, -0.2) is 41.8 Å². The van der Waals surface area contributed by atoms with Gasteiger partial charge in [-0.25, -0.2) is 4.39 Å². The fraction of sp³-hybridized carbons (Fsp3) is 0.625. The average molecular weight is 279 g/mol. The minimum atomic E-state index is -0.559. The molecule has 0 bridgehead atoms. The van der Waals surface area contributed by atoms with E-state index in [0.29, 0.717) is 18.7 Å². The van der Waals surface area contributed by atoms with Crippen LogP contribution in [0.5, 0.6) is 0 Å². The van der Waals surface area contributed by atoms with Crippen molar-refractivity contribution in [3.05, 3.63) is 35.6 Å². The zero-order valence-electron chi connectivity index (χ0n) is 11.7. The van der Waals surface area contributed by atoms with Crippen molar-refractivity contribution < 1.29 is 14.2 Å². The summed E-state index contributed by atoms with van der Waals surface area (Å²) in [6.07, 6.45) is 4.55. The maximum atomic E-state index is 12.9. The molecule has 2 aliphatic rings. The molecule has 3 atom stereocenters. The molecule has 1 aromatic rings. The van der Waals surface area contributed by atoms with Gasteiger partial charge in [-0.15, -0.1) is 0 Å². The first-order valence-electron chi connectivity index (χ1n) is 7.53. The minimum absolute atomic E-state index is 0.264. The normalized spacial score (nSPS) is 28.9. The van der Waals surface area contributed by atoms with E-state index in [2.05, 4.69) is 4.90 Å². The lowest BCUT2D eigenvalue weighted by Crippen LogP contribution is -2.53. The van der Waals surface area contributed by atoms with Crippen molar-refractivity contribution in [3.8, 4) is 0 Å². The summed E-state index contributed by atoms with van der Waals surface area (Å²) in [6.45, 7) is 2.23. The maximum absolute atomic E-state index is 12.9. The van der Waals surface area contributed by atoms with Crippen LogP contribution < -0.4 is 0 Å². The molecule has 4 heteroatoms. The van der Waals surface area contributed by atoms with Gasteiger partial charge in [0.2, 0.25) is 0 Å². The number of aliphatic hydroxyl groups excluding tert-OH is 1. The number of benzene rings is 1. The Morgan fingerprint density at radius 1 is 1.25 bits per heavy atom. The Morgan fingerprint density at radius 2 is 2.00 bits per heavy atom. The van der Waals surface area contributed by atoms with Gasteiger partial charge in [-0.2, -0.15) is 0 Å². The lowest BCUT2D eigenvalue weighted by Gasteiger charge is -2.44. The number of hydrogen-bond donors (Lipinski definition) is 1. The smallest absolute Gasteiger partial charge is 0.123 e. The molecule has 0 radical (unpaired) electrons. The Morgan fingerprint density at radius 3 is 2.80 bits per heavy atom. The summed E-state index contributed by atoms with van der Waals surface area (Å²) in [5.74, 6) is -0.264. The predicted octanol–water partition coefficient (Wildman–Crippen LogP) is 2.50. The fourth-order valence-electron chi connectivity index (χ4n) is 3.42. The first kappa shape index (κ1) is 14.0. The second-order valence-corrected chi connectivity index (χ2v) is 5.82. The highest BCUT2D eigenvalue weighted by molar-refractivity contribution is 5.18. The Balaban J connectivity index is 1.65. The van der Waals surface area contributed by atoms with Crippen LogP contribution in [0, 0.1) is 5.82 Å². The highest BCUT2D eigenvalue weighted by Crippen LogP contribution is 2.29. The Labute approximate surface area is 119 Å². The summed E-state index contributed by atoms with van der Waals surface area (Å²) in [5, 5.41) is 10.3. The number of morpholine rings is 1. The number of ether oxygens (including phenoxy) is 1. The first-order chi connectivity index (χ1) is 9.74. The van der Waals surface area contributed by atoms with Gasteiger partial charge in [-0.3, -0.25) is 4.90 Å². The molecule has 1 heterocycles. The molecule has 20 heavy (non-hydrogen) atoms. The van der Waals surface area contributed by atoms with Gasteiger partial charge in [0, 0.05) is 19.1 Å². The van der Waals surface area contributed by atoms with Crippen LogP contribution in [-0.2, 0) is 4.74 Å². The Hall–Kier alpha value is -0.970. The summed E-state index contributed by atoms with van der Waals surface area (Å²) in [6, 6.07) is 6.58. The molecule has 110 valence electrons. The van der Waals surface area contributed by atoms with E-state index in [9.17, 15) is 9.50 Å². The molecule has 1 saturated carbocycles. The third kappa shape index (κ3) is 3.03. The number of nitrogens with zero attached hydrogens (tertiary/aromatic N) is 1. The monoisotopic (exact) mass is 279 g/mol. The van der Waals surface area contributed by atoms with Gasteiger partial charge >= 0.3 is 0 Å². The average Bonchev–Trinajstić information content (AvgIpc) is 2.48. The van der Waals surface area contributed by atoms with Gasteiger partial charge in [-0.05, 0) is 30.5 Å². The lowest BCUT2D eigenvalue weighted by atomic mass is 9.89. The van der Waals surface area contributed by atoms with E-state index < -0.39 is 6.10 Å². The van der Waals surface area contributed by atoms with Crippen LogP contribution in [0.3, 0.4) is 0 Å². The van der Waals surface area contributed by atoms with E-state index in [4.69, 9.17) is 4.74 Å². The van der Waals surface area contributed by atoms with Gasteiger partial charge in [0.05, 0.1) is 18.8 Å². The fourth-order valence-corrected chi connectivity index (χ4v) is 3.42. The van der Waals surface area contributed by atoms with E-state index in [1.165, 1.54) is 25.0 Å². The van der Waals surface area contributed by atoms with Crippen molar-refractivity contribution in [1.29, 1.82) is 0 Å². The zero-order valence-corrected chi connectivity index (χ0v) is 11.7. The van der Waals surface area contributed by atoms with Crippen molar-refractivity contribution in [2.75, 3.05) is 19.7 Å². The van der Waals surface area contributed by atoms with Crippen molar-refractivity contribution >= 4 is 0 Å². The molecule has 1 aliphatic carbocycles. The summed E-state index contributed by atoms with van der Waals surface area (Å²) in [5.41, 5.74) is 0.783. The van der Waals surface area contributed by atoms with Gasteiger partial charge in [-0.1, -0.05) is 25.0 Å². The number of hydrogen-bond acceptors (Lipinski definition) is 3. The Bertz CT molecular complexity index is 435. The topological polar surface area (TPSA) is 32.7 Å². The quantitative estimate of drug-likeness (QED) is 0.923. The highest BCUT2D eigenvalue weighted by atomic mass is 19.1. The van der Waals surface area contributed by atoms with Gasteiger partial charge < -0.3 is 9.84 Å². The van der Waals surface area contributed by atoms with E-state index in [0.717, 1.165) is 31.6 Å². The summed E-state index contributed by atoms with van der Waals surface area (Å²) < 4.78 is 18.8. The van der Waals surface area contributed by atoms with Crippen LogP contribution in [0.25, 0.3) is 0 Å². The van der Waals surface area contributed by atoms with Crippen molar-refractivity contribution in [3.63, 3.8) is 0 Å². The molecule has 3 rings (SSSR count). The van der Waals surface area contributed by atoms with Crippen LogP contribution in [0.15, 0.2) is 24.3 Å². The highest BCUT2D eigenvalue weighted by Gasteiger charge is 2.34. The van der Waals surface area contributed by atoms with Gasteiger partial charge in [0.15, 0.2) is 0 Å². The third-order valence-electron chi connectivity index (χ3n) is 4.51. The van der Waals surface area contributed by atoms with Crippen LogP contribution in [0.2, 0.25) is 0 Å². The predicted molar refractivity (Wildman–Crippen MR) is 74.9 cm³/mol. The second-order valence-electron chi connectivity index (χ2n) is 5.82. The first-order valence-corrected chi connectivity index (χ1v) is 7.53. The molecule has 1 aliphatic heterocycles. The van der Waals surface area contributed by atoms with Crippen molar-refractivity contribution in [2.24, 2.45) is 0 Å². The molecule has 3 unspecified atom stereocenters. The minimum Gasteiger partial charge on any atom is -0.387 e. The number of fused-ring (bicyclic) bond motifs is 1. The maximum Gasteiger partial charge on any atom is 0.123 e. The molecule has 1 aromatic carbocycles. The number of halogens is 1. The SMILES string of the molecule is OC(CN1CCOC2CCCCC21)c1ccc(F)cc1. The third-order valence-corrected chi connectivity index (χ3v) is 4.51. The summed E-state index contributed by atoms with van der Waals surface area (Å²) in [4.78, 5) is 2.35. The van der Waals surface area contributed by atoms with E-state index in [-0.39, 0.29) is 5.82 Å². The summed E-state index contributed by atoms with van der Waals surface area (Å²) in [7, 11) is 0. The molecular weight excluding hydrogens is 257 g/mol. The molecular formula is C16H22FNO2. The van der Waals surface area contributed by atoms with E-state index in [1.54, 1.807) is 12.1 Å². The second kappa shape index (κ2) is 6.20. The van der Waals surface area contributed by atoms with Crippen molar-refractivity contribution in [2.45, 2.75) is 43.9 Å². The molecule has 0 spiro atoms. The lowest BCUT2D eigenvalue weighted by molar-refractivity contribution is -0.0974. The molecule has 0 amide bonds. The van der Waals surface area contributed by atoms with E-state index in [1.807, 2.05) is 0 Å². The van der Waals surface area contributed by atoms with Gasteiger partial charge in [0.25, 0.3) is 0 Å². The largest absolute Gasteiger partial charge is 0.387 e. The molecule has 1 saturated heterocycles. The summed E-state index contributed by atoms with van der Waals surface area (Å²) >= 11 is 0. The number of rotatable bonds is 3. The molecule has 1 N–H and O–H groups in total. The zero-order chi connectivity index (χ0) is 13.9. The number of β-amino-alcohol motifs (C(OH)–C–C–N with tert-alkyl or cyclic N) is 1. The van der Waals surface area contributed by atoms with Crippen LogP contribution in [0.4, 0.5) is 4.39 Å². The number of aliphatic hydroxyl groups is 1. The standard InChI is InChI=1S/C16H22FNO2/c17-13-7-5-12(6-8-13)15(19)11-18-9-10-20-16-4-2-1-3-14(16)18/h5-8,14-16,19H,1-4,9-11H2. The molecule has 3 nitrogen and oxygen atoms in total. The molecule has 2 fully saturated rings. The van der Waals surface area contributed by atoms with Gasteiger partial charge in [0.1, 0.15) is 5.82 Å². The van der Waals surface area contributed by atoms with E-state index >= 15 is 0 Å². The van der Waals surface area contributed by atoms with Crippen LogP contribution in [0.1, 0.15) is 37.4 Å². The van der Waals surface area contributed by atoms with Crippen LogP contribution >= 0.6 is 0 Å². The molecule has 0 aromatic heterocycles.